The van der Waals surface area contributed by atoms with E-state index in [1.54, 1.807) is 32.0 Å². The first-order chi connectivity index (χ1) is 10.3. The number of sulfonamides is 1. The first-order valence-electron chi connectivity index (χ1n) is 6.35. The van der Waals surface area contributed by atoms with E-state index in [1.165, 1.54) is 18.3 Å². The van der Waals surface area contributed by atoms with Gasteiger partial charge in [-0.1, -0.05) is 18.2 Å². The summed E-state index contributed by atoms with van der Waals surface area (Å²) in [5.41, 5.74) is 1.45. The Kier molecular flexibility index (Phi) is 4.32. The molecule has 0 aliphatic heterocycles. The van der Waals surface area contributed by atoms with Crippen LogP contribution in [0.5, 0.6) is 0 Å². The number of rotatable bonds is 5. The summed E-state index contributed by atoms with van der Waals surface area (Å²) in [5, 5.41) is 12.7. The van der Waals surface area contributed by atoms with Crippen molar-refractivity contribution >= 4 is 21.7 Å². The van der Waals surface area contributed by atoms with Crippen LogP contribution in [0.1, 0.15) is 28.5 Å². The molecule has 22 heavy (non-hydrogen) atoms. The first kappa shape index (κ1) is 15.8. The van der Waals surface area contributed by atoms with Crippen molar-refractivity contribution in [3.05, 3.63) is 53.3 Å². The van der Waals surface area contributed by atoms with E-state index in [4.69, 9.17) is 5.11 Å². The molecule has 0 atom stereocenters. The van der Waals surface area contributed by atoms with Gasteiger partial charge >= 0.3 is 5.97 Å². The molecule has 2 rings (SSSR count). The minimum Gasteiger partial charge on any atom is -0.477 e. The van der Waals surface area contributed by atoms with Gasteiger partial charge in [0.15, 0.2) is 0 Å². The fraction of sp³-hybridized carbons (Fsp3) is 0.143. The topological polar surface area (TPSA) is 112 Å². The van der Waals surface area contributed by atoms with Crippen molar-refractivity contribution in [2.24, 2.45) is 5.10 Å². The van der Waals surface area contributed by atoms with E-state index in [-0.39, 0.29) is 10.6 Å². The Morgan fingerprint density at radius 1 is 1.32 bits per heavy atom. The minimum atomic E-state index is -3.77. The molecule has 1 aromatic heterocycles. The second-order valence-electron chi connectivity index (χ2n) is 4.66. The summed E-state index contributed by atoms with van der Waals surface area (Å²) in [7, 11) is -3.77. The van der Waals surface area contributed by atoms with Crippen molar-refractivity contribution in [1.29, 1.82) is 0 Å². The number of nitrogens with zero attached hydrogens (tertiary/aromatic N) is 1. The van der Waals surface area contributed by atoms with Crippen molar-refractivity contribution in [2.45, 2.75) is 18.7 Å². The molecule has 0 saturated heterocycles. The van der Waals surface area contributed by atoms with Gasteiger partial charge in [0.25, 0.3) is 10.0 Å². The number of nitrogens with one attached hydrogen (secondary N) is 2. The molecule has 0 saturated carbocycles. The first-order valence-corrected chi connectivity index (χ1v) is 7.83. The number of hydrogen-bond donors (Lipinski definition) is 3. The Balaban J connectivity index is 2.23. The molecule has 1 aromatic carbocycles. The van der Waals surface area contributed by atoms with Gasteiger partial charge in [0.2, 0.25) is 0 Å². The van der Waals surface area contributed by atoms with E-state index >= 15 is 0 Å². The largest absolute Gasteiger partial charge is 0.477 e. The summed E-state index contributed by atoms with van der Waals surface area (Å²) in [6, 6.07) is 7.93. The lowest BCUT2D eigenvalue weighted by Crippen LogP contribution is -2.20. The lowest BCUT2D eigenvalue weighted by atomic mass is 10.2. The van der Waals surface area contributed by atoms with Crippen LogP contribution in [0, 0.1) is 6.92 Å². The van der Waals surface area contributed by atoms with Gasteiger partial charge in [-0.15, -0.1) is 0 Å². The highest BCUT2D eigenvalue weighted by Gasteiger charge is 2.15. The molecule has 0 spiro atoms. The van der Waals surface area contributed by atoms with Crippen molar-refractivity contribution < 1.29 is 18.3 Å². The van der Waals surface area contributed by atoms with E-state index < -0.39 is 16.0 Å². The molecular weight excluding hydrogens is 306 g/mol. The van der Waals surface area contributed by atoms with Gasteiger partial charge in [-0.3, -0.25) is 0 Å². The predicted octanol–water partition coefficient (Wildman–Crippen LogP) is 1.72. The molecule has 0 radical (unpaired) electrons. The summed E-state index contributed by atoms with van der Waals surface area (Å²) in [4.78, 5) is 15.7. The molecule has 3 N–H and O–H groups in total. The number of aromatic carboxylic acids is 1. The number of carboxylic acids is 1. The number of aromatic amines is 1. The SMILES string of the molecule is C/C(=N\NS(=O)(=O)c1ccccc1C)c1c[nH]c(C(=O)O)c1. The van der Waals surface area contributed by atoms with Crippen LogP contribution >= 0.6 is 0 Å². The second kappa shape index (κ2) is 6.02. The predicted molar refractivity (Wildman–Crippen MR) is 81.5 cm³/mol. The summed E-state index contributed by atoms with van der Waals surface area (Å²) in [6.45, 7) is 3.27. The molecule has 0 bridgehead atoms. The third-order valence-electron chi connectivity index (χ3n) is 3.05. The molecule has 0 aliphatic rings. The highest BCUT2D eigenvalue weighted by molar-refractivity contribution is 7.89. The molecule has 0 unspecified atom stereocenters. The van der Waals surface area contributed by atoms with Crippen molar-refractivity contribution in [3.8, 4) is 0 Å². The van der Waals surface area contributed by atoms with E-state index in [9.17, 15) is 13.2 Å². The lowest BCUT2D eigenvalue weighted by Gasteiger charge is -2.07. The van der Waals surface area contributed by atoms with Crippen molar-refractivity contribution in [1.82, 2.24) is 9.82 Å². The van der Waals surface area contributed by atoms with Crippen molar-refractivity contribution in [2.75, 3.05) is 0 Å². The number of hydrazone groups is 1. The van der Waals surface area contributed by atoms with Crippen molar-refractivity contribution in [3.63, 3.8) is 0 Å². The van der Waals surface area contributed by atoms with Gasteiger partial charge in [0, 0.05) is 11.8 Å². The van der Waals surface area contributed by atoms with Gasteiger partial charge in [-0.25, -0.2) is 4.79 Å². The summed E-state index contributed by atoms with van der Waals surface area (Å²) >= 11 is 0. The minimum absolute atomic E-state index is 0.00584. The van der Waals surface area contributed by atoms with Gasteiger partial charge < -0.3 is 10.1 Å². The third kappa shape index (κ3) is 3.34. The Hall–Kier alpha value is -2.61. The number of carboxylic acid groups (broad SMARTS) is 1. The highest BCUT2D eigenvalue weighted by Crippen LogP contribution is 2.14. The smallest absolute Gasteiger partial charge is 0.352 e. The van der Waals surface area contributed by atoms with Gasteiger partial charge in [0.1, 0.15) is 5.69 Å². The third-order valence-corrected chi connectivity index (χ3v) is 4.42. The Morgan fingerprint density at radius 2 is 2.00 bits per heavy atom. The molecule has 116 valence electrons. The Morgan fingerprint density at radius 3 is 2.59 bits per heavy atom. The summed E-state index contributed by atoms with van der Waals surface area (Å²) in [6.07, 6.45) is 1.45. The van der Waals surface area contributed by atoms with E-state index in [1.807, 2.05) is 0 Å². The van der Waals surface area contributed by atoms with Crippen LogP contribution in [-0.4, -0.2) is 30.2 Å². The number of carbonyl (C=O) groups is 1. The van der Waals surface area contributed by atoms with Crippen LogP contribution in [0.15, 0.2) is 46.5 Å². The zero-order chi connectivity index (χ0) is 16.3. The van der Waals surface area contributed by atoms with Gasteiger partial charge in [-0.05, 0) is 31.5 Å². The van der Waals surface area contributed by atoms with Crippen LogP contribution < -0.4 is 4.83 Å². The summed E-state index contributed by atoms with van der Waals surface area (Å²) in [5.74, 6) is -1.10. The monoisotopic (exact) mass is 321 g/mol. The number of hydrogen-bond acceptors (Lipinski definition) is 4. The molecule has 0 amide bonds. The molecular formula is C14H15N3O4S. The lowest BCUT2D eigenvalue weighted by molar-refractivity contribution is 0.0691. The quantitative estimate of drug-likeness (QED) is 0.575. The number of H-pyrrole nitrogens is 1. The maximum atomic E-state index is 12.2. The molecule has 0 fully saturated rings. The van der Waals surface area contributed by atoms with E-state index in [0.29, 0.717) is 16.8 Å². The Bertz CT molecular complexity index is 837. The fourth-order valence-electron chi connectivity index (χ4n) is 1.83. The number of benzene rings is 1. The van der Waals surface area contributed by atoms with E-state index in [0.717, 1.165) is 0 Å². The average molecular weight is 321 g/mol. The Labute approximate surface area is 127 Å². The maximum absolute atomic E-state index is 12.2. The summed E-state index contributed by atoms with van der Waals surface area (Å²) < 4.78 is 24.4. The zero-order valence-electron chi connectivity index (χ0n) is 12.0. The second-order valence-corrected chi connectivity index (χ2v) is 6.29. The molecule has 1 heterocycles. The standard InChI is InChI=1S/C14H15N3O4S/c1-9-5-3-4-6-13(9)22(20,21)17-16-10(2)11-7-12(14(18)19)15-8-11/h3-8,15,17H,1-2H3,(H,18,19)/b16-10+. The van der Waals surface area contributed by atoms with E-state index in [2.05, 4.69) is 14.9 Å². The molecule has 0 aliphatic carbocycles. The normalized spacial score (nSPS) is 12.2. The van der Waals surface area contributed by atoms with Crippen LogP contribution in [0.2, 0.25) is 0 Å². The van der Waals surface area contributed by atoms with Gasteiger partial charge in [-0.2, -0.15) is 18.4 Å². The van der Waals surface area contributed by atoms with Crippen LogP contribution in [-0.2, 0) is 10.0 Å². The number of aromatic nitrogens is 1. The van der Waals surface area contributed by atoms with Crippen LogP contribution in [0.4, 0.5) is 0 Å². The van der Waals surface area contributed by atoms with Crippen LogP contribution in [0.3, 0.4) is 0 Å². The number of aryl methyl sites for hydroxylation is 1. The van der Waals surface area contributed by atoms with Gasteiger partial charge in [0.05, 0.1) is 10.6 Å². The fourth-order valence-corrected chi connectivity index (χ4v) is 2.93. The molecule has 8 heteroatoms. The van der Waals surface area contributed by atoms with Crippen LogP contribution in [0.25, 0.3) is 0 Å². The zero-order valence-corrected chi connectivity index (χ0v) is 12.8. The molecule has 2 aromatic rings. The highest BCUT2D eigenvalue weighted by atomic mass is 32.2. The molecule has 7 nitrogen and oxygen atoms in total. The maximum Gasteiger partial charge on any atom is 0.352 e. The average Bonchev–Trinajstić information content (AvgIpc) is 2.95.